The van der Waals surface area contributed by atoms with Crippen molar-refractivity contribution in [3.63, 3.8) is 0 Å². The molecule has 0 radical (unpaired) electrons. The summed E-state index contributed by atoms with van der Waals surface area (Å²) in [7, 11) is 0. The van der Waals surface area contributed by atoms with Crippen LogP contribution in [0.15, 0.2) is 12.3 Å². The van der Waals surface area contributed by atoms with Gasteiger partial charge in [-0.3, -0.25) is 0 Å². The van der Waals surface area contributed by atoms with Gasteiger partial charge in [-0.15, -0.1) is 0 Å². The summed E-state index contributed by atoms with van der Waals surface area (Å²) in [5, 5.41) is 8.82. The lowest BCUT2D eigenvalue weighted by Gasteiger charge is -2.33. The van der Waals surface area contributed by atoms with Crippen LogP contribution in [-0.4, -0.2) is 52.2 Å². The summed E-state index contributed by atoms with van der Waals surface area (Å²) in [5.41, 5.74) is 0.922. The molecule has 1 saturated heterocycles. The summed E-state index contributed by atoms with van der Waals surface area (Å²) in [4.78, 5) is 22.6. The van der Waals surface area contributed by atoms with E-state index in [4.69, 9.17) is 5.11 Å². The molecule has 6 nitrogen and oxygen atoms in total. The number of rotatable bonds is 1. The topological polar surface area (TPSA) is 69.6 Å². The molecule has 1 aromatic rings. The Labute approximate surface area is 93.5 Å². The molecule has 0 unspecified atom stereocenters. The van der Waals surface area contributed by atoms with E-state index in [1.54, 1.807) is 6.20 Å². The van der Waals surface area contributed by atoms with Crippen molar-refractivity contribution in [2.24, 2.45) is 0 Å². The van der Waals surface area contributed by atoms with E-state index >= 15 is 0 Å². The zero-order valence-corrected chi connectivity index (χ0v) is 9.13. The van der Waals surface area contributed by atoms with E-state index < -0.39 is 6.09 Å². The number of piperazine rings is 1. The van der Waals surface area contributed by atoms with Crippen LogP contribution in [0.2, 0.25) is 0 Å². The first kappa shape index (κ1) is 10.7. The summed E-state index contributed by atoms with van der Waals surface area (Å²) in [6.07, 6.45) is 0.867. The number of amides is 1. The van der Waals surface area contributed by atoms with E-state index in [0.29, 0.717) is 32.1 Å². The molecular weight excluding hydrogens is 208 g/mol. The van der Waals surface area contributed by atoms with Gasteiger partial charge in [0.25, 0.3) is 0 Å². The van der Waals surface area contributed by atoms with Crippen LogP contribution in [-0.2, 0) is 0 Å². The van der Waals surface area contributed by atoms with Crippen LogP contribution in [0.4, 0.5) is 10.7 Å². The fourth-order valence-electron chi connectivity index (χ4n) is 1.69. The summed E-state index contributed by atoms with van der Waals surface area (Å²) in [5.74, 6) is 0.685. The lowest BCUT2D eigenvalue weighted by molar-refractivity contribution is 0.142. The predicted molar refractivity (Wildman–Crippen MR) is 58.6 cm³/mol. The fraction of sp³-hybridized carbons (Fsp3) is 0.500. The van der Waals surface area contributed by atoms with Crippen LogP contribution in [0, 0.1) is 6.92 Å². The van der Waals surface area contributed by atoms with Crippen LogP contribution < -0.4 is 4.90 Å². The van der Waals surface area contributed by atoms with E-state index in [-0.39, 0.29) is 0 Å². The fourth-order valence-corrected chi connectivity index (χ4v) is 1.69. The average Bonchev–Trinajstić information content (AvgIpc) is 2.29. The third-order valence-corrected chi connectivity index (χ3v) is 2.62. The van der Waals surface area contributed by atoms with Crippen LogP contribution >= 0.6 is 0 Å². The second-order valence-corrected chi connectivity index (χ2v) is 3.75. The number of aryl methyl sites for hydroxylation is 1. The van der Waals surface area contributed by atoms with Crippen molar-refractivity contribution >= 4 is 12.0 Å². The SMILES string of the molecule is Cc1ccnc(N2CCN(C(=O)O)CC2)n1. The Kier molecular flexibility index (Phi) is 2.89. The molecule has 16 heavy (non-hydrogen) atoms. The predicted octanol–water partition coefficient (Wildman–Crippen LogP) is 0.585. The molecule has 0 aliphatic carbocycles. The number of carbonyl (C=O) groups is 1. The summed E-state index contributed by atoms with van der Waals surface area (Å²) >= 11 is 0. The monoisotopic (exact) mass is 222 g/mol. The number of aromatic nitrogens is 2. The Morgan fingerprint density at radius 3 is 2.62 bits per heavy atom. The lowest BCUT2D eigenvalue weighted by atomic mass is 10.3. The Bertz CT molecular complexity index is 388. The highest BCUT2D eigenvalue weighted by molar-refractivity contribution is 5.65. The Balaban J connectivity index is 2.01. The molecular formula is C10H14N4O2. The normalized spacial score (nSPS) is 16.3. The molecule has 1 fully saturated rings. The Morgan fingerprint density at radius 1 is 1.38 bits per heavy atom. The number of carboxylic acid groups (broad SMARTS) is 1. The molecule has 0 saturated carbocycles. The van der Waals surface area contributed by atoms with E-state index in [2.05, 4.69) is 9.97 Å². The van der Waals surface area contributed by atoms with E-state index in [0.717, 1.165) is 5.69 Å². The summed E-state index contributed by atoms with van der Waals surface area (Å²) < 4.78 is 0. The van der Waals surface area contributed by atoms with Crippen LogP contribution in [0.3, 0.4) is 0 Å². The molecule has 0 aromatic carbocycles. The quantitative estimate of drug-likeness (QED) is 0.753. The molecule has 0 spiro atoms. The number of hydrogen-bond acceptors (Lipinski definition) is 4. The highest BCUT2D eigenvalue weighted by Gasteiger charge is 2.21. The Morgan fingerprint density at radius 2 is 2.06 bits per heavy atom. The number of anilines is 1. The standard InChI is InChI=1S/C10H14N4O2/c1-8-2-3-11-9(12-8)13-4-6-14(7-5-13)10(15)16/h2-3H,4-7H2,1H3,(H,15,16). The molecule has 1 aromatic heterocycles. The molecule has 1 aliphatic rings. The van der Waals surface area contributed by atoms with Crippen LogP contribution in [0.25, 0.3) is 0 Å². The zero-order valence-electron chi connectivity index (χ0n) is 9.13. The minimum absolute atomic E-state index is 0.507. The van der Waals surface area contributed by atoms with Crippen LogP contribution in [0.1, 0.15) is 5.69 Å². The second-order valence-electron chi connectivity index (χ2n) is 3.75. The van der Waals surface area contributed by atoms with Gasteiger partial charge in [0.1, 0.15) is 0 Å². The van der Waals surface area contributed by atoms with Gasteiger partial charge in [0.2, 0.25) is 5.95 Å². The van der Waals surface area contributed by atoms with Gasteiger partial charge in [-0.05, 0) is 13.0 Å². The lowest BCUT2D eigenvalue weighted by Crippen LogP contribution is -2.48. The van der Waals surface area contributed by atoms with Crippen molar-refractivity contribution < 1.29 is 9.90 Å². The first-order chi connectivity index (χ1) is 7.66. The first-order valence-corrected chi connectivity index (χ1v) is 5.19. The summed E-state index contributed by atoms with van der Waals surface area (Å²) in [6, 6.07) is 1.84. The van der Waals surface area contributed by atoms with E-state index in [9.17, 15) is 4.79 Å². The maximum atomic E-state index is 10.7. The van der Waals surface area contributed by atoms with Crippen molar-refractivity contribution in [3.05, 3.63) is 18.0 Å². The van der Waals surface area contributed by atoms with Crippen molar-refractivity contribution in [1.29, 1.82) is 0 Å². The number of nitrogens with zero attached hydrogens (tertiary/aromatic N) is 4. The molecule has 1 amide bonds. The van der Waals surface area contributed by atoms with Crippen molar-refractivity contribution in [3.8, 4) is 0 Å². The molecule has 1 N–H and O–H groups in total. The first-order valence-electron chi connectivity index (χ1n) is 5.19. The van der Waals surface area contributed by atoms with Gasteiger partial charge >= 0.3 is 6.09 Å². The second kappa shape index (κ2) is 4.34. The van der Waals surface area contributed by atoms with Crippen LogP contribution in [0.5, 0.6) is 0 Å². The van der Waals surface area contributed by atoms with Crippen molar-refractivity contribution in [2.45, 2.75) is 6.92 Å². The molecule has 0 bridgehead atoms. The van der Waals surface area contributed by atoms with Crippen molar-refractivity contribution in [2.75, 3.05) is 31.1 Å². The number of hydrogen-bond donors (Lipinski definition) is 1. The van der Waals surface area contributed by atoms with Gasteiger partial charge in [-0.1, -0.05) is 0 Å². The van der Waals surface area contributed by atoms with E-state index in [1.807, 2.05) is 17.9 Å². The third-order valence-electron chi connectivity index (χ3n) is 2.62. The van der Waals surface area contributed by atoms with Gasteiger partial charge in [0, 0.05) is 38.1 Å². The molecule has 0 atom stereocenters. The molecule has 1 aliphatic heterocycles. The maximum absolute atomic E-state index is 10.7. The van der Waals surface area contributed by atoms with E-state index in [1.165, 1.54) is 4.90 Å². The summed E-state index contributed by atoms with van der Waals surface area (Å²) in [6.45, 7) is 4.23. The Hall–Kier alpha value is -1.85. The molecule has 2 heterocycles. The minimum atomic E-state index is -0.857. The highest BCUT2D eigenvalue weighted by atomic mass is 16.4. The molecule has 86 valence electrons. The molecule has 2 rings (SSSR count). The van der Waals surface area contributed by atoms with Gasteiger partial charge in [-0.2, -0.15) is 0 Å². The molecule has 6 heteroatoms. The highest BCUT2D eigenvalue weighted by Crippen LogP contribution is 2.10. The van der Waals surface area contributed by atoms with Gasteiger partial charge in [0.15, 0.2) is 0 Å². The maximum Gasteiger partial charge on any atom is 0.407 e. The van der Waals surface area contributed by atoms with Gasteiger partial charge in [0.05, 0.1) is 0 Å². The van der Waals surface area contributed by atoms with Crippen molar-refractivity contribution in [1.82, 2.24) is 14.9 Å². The average molecular weight is 222 g/mol. The van der Waals surface area contributed by atoms with Gasteiger partial charge < -0.3 is 14.9 Å². The third kappa shape index (κ3) is 2.21. The minimum Gasteiger partial charge on any atom is -0.465 e. The zero-order chi connectivity index (χ0) is 11.5. The smallest absolute Gasteiger partial charge is 0.407 e. The largest absolute Gasteiger partial charge is 0.465 e. The van der Waals surface area contributed by atoms with Gasteiger partial charge in [-0.25, -0.2) is 14.8 Å².